The molecule has 2 fully saturated rings. The first kappa shape index (κ1) is 14.0. The maximum Gasteiger partial charge on any atom is 0.126 e. The van der Waals surface area contributed by atoms with Crippen LogP contribution in [0.4, 0.5) is 0 Å². The molecule has 5 nitrogen and oxygen atoms in total. The van der Waals surface area contributed by atoms with E-state index in [-0.39, 0.29) is 0 Å². The van der Waals surface area contributed by atoms with Crippen LogP contribution in [0.25, 0.3) is 0 Å². The van der Waals surface area contributed by atoms with Crippen LogP contribution < -0.4 is 5.32 Å². The number of ether oxygens (including phenoxy) is 2. The number of nitrogens with zero attached hydrogens (tertiary/aromatic N) is 2. The van der Waals surface area contributed by atoms with Gasteiger partial charge in [-0.2, -0.15) is 0 Å². The fourth-order valence-corrected chi connectivity index (χ4v) is 3.26. The molecule has 0 saturated carbocycles. The molecule has 0 spiro atoms. The Hall–Kier alpha value is -0.910. The zero-order chi connectivity index (χ0) is 13.8. The van der Waals surface area contributed by atoms with Crippen molar-refractivity contribution in [3.8, 4) is 0 Å². The third kappa shape index (κ3) is 3.05. The van der Waals surface area contributed by atoms with E-state index in [1.807, 2.05) is 6.20 Å². The molecular formula is C15H25N3O2. The average Bonchev–Trinajstić information content (AvgIpc) is 3.16. The van der Waals surface area contributed by atoms with Gasteiger partial charge in [0.15, 0.2) is 0 Å². The highest BCUT2D eigenvalue weighted by Crippen LogP contribution is 2.30. The summed E-state index contributed by atoms with van der Waals surface area (Å²) < 4.78 is 13.3. The first-order valence-electron chi connectivity index (χ1n) is 7.81. The lowest BCUT2D eigenvalue weighted by Gasteiger charge is -2.32. The number of hydrogen-bond acceptors (Lipinski definition) is 4. The van der Waals surface area contributed by atoms with Crippen molar-refractivity contribution in [1.82, 2.24) is 14.9 Å². The summed E-state index contributed by atoms with van der Waals surface area (Å²) >= 11 is 0. The zero-order valence-electron chi connectivity index (χ0n) is 12.3. The van der Waals surface area contributed by atoms with Gasteiger partial charge in [-0.1, -0.05) is 0 Å². The molecule has 5 heteroatoms. The molecule has 1 aromatic heterocycles. The lowest BCUT2D eigenvalue weighted by molar-refractivity contribution is 0.0497. The van der Waals surface area contributed by atoms with E-state index >= 15 is 0 Å². The fourth-order valence-electron chi connectivity index (χ4n) is 3.26. The van der Waals surface area contributed by atoms with Crippen LogP contribution in [0.3, 0.4) is 0 Å². The molecular weight excluding hydrogens is 254 g/mol. The second-order valence-electron chi connectivity index (χ2n) is 5.73. The van der Waals surface area contributed by atoms with Gasteiger partial charge in [0.25, 0.3) is 0 Å². The molecule has 2 aliphatic rings. The Bertz CT molecular complexity index is 409. The van der Waals surface area contributed by atoms with Gasteiger partial charge in [0.05, 0.1) is 12.6 Å². The molecule has 1 aromatic rings. The fraction of sp³-hybridized carbons (Fsp3) is 0.800. The molecule has 2 aliphatic heterocycles. The van der Waals surface area contributed by atoms with Crippen molar-refractivity contribution in [3.05, 3.63) is 18.2 Å². The highest BCUT2D eigenvalue weighted by molar-refractivity contribution is 5.03. The van der Waals surface area contributed by atoms with Crippen molar-refractivity contribution < 1.29 is 9.47 Å². The molecule has 1 N–H and O–H groups in total. The minimum atomic E-state index is 0.320. The number of imidazole rings is 1. The second kappa shape index (κ2) is 6.70. The molecule has 0 radical (unpaired) electrons. The molecule has 3 rings (SSSR count). The summed E-state index contributed by atoms with van der Waals surface area (Å²) in [6.07, 6.45) is 7.32. The Kier molecular flexibility index (Phi) is 4.70. The lowest BCUT2D eigenvalue weighted by Crippen LogP contribution is -2.40. The minimum absolute atomic E-state index is 0.320. The molecule has 0 aliphatic carbocycles. The highest BCUT2D eigenvalue weighted by atomic mass is 16.5. The molecule has 0 amide bonds. The van der Waals surface area contributed by atoms with E-state index in [0.29, 0.717) is 18.0 Å². The van der Waals surface area contributed by atoms with Crippen LogP contribution >= 0.6 is 0 Å². The highest BCUT2D eigenvalue weighted by Gasteiger charge is 2.31. The van der Waals surface area contributed by atoms with Crippen LogP contribution in [0.15, 0.2) is 12.4 Å². The van der Waals surface area contributed by atoms with Crippen LogP contribution in [0.2, 0.25) is 0 Å². The second-order valence-corrected chi connectivity index (χ2v) is 5.73. The van der Waals surface area contributed by atoms with Gasteiger partial charge in [0, 0.05) is 44.8 Å². The lowest BCUT2D eigenvalue weighted by atomic mass is 9.90. The van der Waals surface area contributed by atoms with Crippen molar-refractivity contribution >= 4 is 0 Å². The quantitative estimate of drug-likeness (QED) is 0.892. The zero-order valence-corrected chi connectivity index (χ0v) is 12.3. The Balaban J connectivity index is 1.77. The van der Waals surface area contributed by atoms with Crippen LogP contribution in [0.1, 0.15) is 38.1 Å². The maximum absolute atomic E-state index is 5.51. The van der Waals surface area contributed by atoms with E-state index in [9.17, 15) is 0 Å². The van der Waals surface area contributed by atoms with E-state index < -0.39 is 0 Å². The van der Waals surface area contributed by atoms with E-state index in [2.05, 4.69) is 28.0 Å². The molecule has 2 saturated heterocycles. The smallest absolute Gasteiger partial charge is 0.126 e. The predicted octanol–water partition coefficient (Wildman–Crippen LogP) is 1.75. The molecule has 0 unspecified atom stereocenters. The summed E-state index contributed by atoms with van der Waals surface area (Å²) in [5.74, 6) is 1.78. The molecule has 20 heavy (non-hydrogen) atoms. The van der Waals surface area contributed by atoms with E-state index in [4.69, 9.17) is 9.47 Å². The van der Waals surface area contributed by atoms with Crippen molar-refractivity contribution in [2.24, 2.45) is 5.92 Å². The standard InChI is InChI=1S/C15H25N3O2/c1-2-18-7-6-16-15(18)14(12-3-8-19-9-4-12)17-13-5-10-20-11-13/h6-7,12-14,17H,2-5,8-11H2,1H3/t13-,14-/m0/s1. The van der Waals surface area contributed by atoms with Gasteiger partial charge in [0.2, 0.25) is 0 Å². The Morgan fingerprint density at radius 2 is 2.10 bits per heavy atom. The summed E-state index contributed by atoms with van der Waals surface area (Å²) in [6.45, 7) is 6.59. The van der Waals surface area contributed by atoms with Crippen molar-refractivity contribution in [1.29, 1.82) is 0 Å². The van der Waals surface area contributed by atoms with Gasteiger partial charge >= 0.3 is 0 Å². The predicted molar refractivity (Wildman–Crippen MR) is 76.5 cm³/mol. The SMILES string of the molecule is CCn1ccnc1[C@@H](N[C@H]1CCOC1)C1CCOCC1. The summed E-state index contributed by atoms with van der Waals surface area (Å²) in [5.41, 5.74) is 0. The van der Waals surface area contributed by atoms with Crippen LogP contribution in [0.5, 0.6) is 0 Å². The third-order valence-electron chi connectivity index (χ3n) is 4.45. The summed E-state index contributed by atoms with van der Waals surface area (Å²) in [7, 11) is 0. The number of rotatable bonds is 5. The van der Waals surface area contributed by atoms with Crippen LogP contribution in [-0.4, -0.2) is 42.0 Å². The average molecular weight is 279 g/mol. The Morgan fingerprint density at radius 1 is 1.30 bits per heavy atom. The van der Waals surface area contributed by atoms with E-state index in [1.165, 1.54) is 5.82 Å². The van der Waals surface area contributed by atoms with Gasteiger partial charge in [0.1, 0.15) is 5.82 Å². The third-order valence-corrected chi connectivity index (χ3v) is 4.45. The van der Waals surface area contributed by atoms with Gasteiger partial charge in [-0.25, -0.2) is 4.98 Å². The Labute approximate surface area is 120 Å². The maximum atomic E-state index is 5.51. The molecule has 0 bridgehead atoms. The van der Waals surface area contributed by atoms with Gasteiger partial charge in [-0.05, 0) is 32.1 Å². The summed E-state index contributed by atoms with van der Waals surface area (Å²) in [4.78, 5) is 4.62. The topological polar surface area (TPSA) is 48.3 Å². The number of aryl methyl sites for hydroxylation is 1. The first-order valence-corrected chi connectivity index (χ1v) is 7.81. The number of hydrogen-bond donors (Lipinski definition) is 1. The largest absolute Gasteiger partial charge is 0.381 e. The summed E-state index contributed by atoms with van der Waals surface area (Å²) in [5, 5.41) is 3.80. The van der Waals surface area contributed by atoms with Gasteiger partial charge in [-0.15, -0.1) is 0 Å². The molecule has 2 atom stereocenters. The van der Waals surface area contributed by atoms with Gasteiger partial charge in [-0.3, -0.25) is 0 Å². The molecule has 0 aromatic carbocycles. The van der Waals surface area contributed by atoms with Crippen molar-refractivity contribution in [2.75, 3.05) is 26.4 Å². The van der Waals surface area contributed by atoms with Crippen molar-refractivity contribution in [3.63, 3.8) is 0 Å². The first-order chi connectivity index (χ1) is 9.88. The molecule has 112 valence electrons. The number of nitrogens with one attached hydrogen (secondary N) is 1. The molecule has 3 heterocycles. The van der Waals surface area contributed by atoms with Crippen LogP contribution in [0, 0.1) is 5.92 Å². The van der Waals surface area contributed by atoms with Crippen molar-refractivity contribution in [2.45, 2.75) is 44.8 Å². The van der Waals surface area contributed by atoms with Gasteiger partial charge < -0.3 is 19.4 Å². The Morgan fingerprint density at radius 3 is 2.80 bits per heavy atom. The van der Waals surface area contributed by atoms with E-state index in [1.54, 1.807) is 0 Å². The monoisotopic (exact) mass is 279 g/mol. The van der Waals surface area contributed by atoms with Crippen LogP contribution in [-0.2, 0) is 16.0 Å². The number of aromatic nitrogens is 2. The minimum Gasteiger partial charge on any atom is -0.381 e. The van der Waals surface area contributed by atoms with E-state index in [0.717, 1.165) is 52.2 Å². The normalized spacial score (nSPS) is 25.9. The summed E-state index contributed by atoms with van der Waals surface area (Å²) in [6, 6.07) is 0.783.